The predicted octanol–water partition coefficient (Wildman–Crippen LogP) is 8.61. The summed E-state index contributed by atoms with van der Waals surface area (Å²) in [7, 11) is 0. The largest absolute Gasteiger partial charge is 0.444 e. The van der Waals surface area contributed by atoms with Crippen LogP contribution >= 0.6 is 0 Å². The molecule has 3 fully saturated rings. The molecule has 1 aromatic heterocycles. The highest BCUT2D eigenvalue weighted by Gasteiger charge is 2.40. The van der Waals surface area contributed by atoms with E-state index in [1.807, 2.05) is 31.7 Å². The van der Waals surface area contributed by atoms with Gasteiger partial charge in [-0.2, -0.15) is 13.2 Å². The Morgan fingerprint density at radius 2 is 1.65 bits per heavy atom. The van der Waals surface area contributed by atoms with Crippen molar-refractivity contribution in [1.82, 2.24) is 25.1 Å². The van der Waals surface area contributed by atoms with E-state index in [2.05, 4.69) is 37.6 Å². The molecule has 3 aromatic rings. The number of fused-ring (bicyclic) bond motifs is 1. The zero-order valence-corrected chi connectivity index (χ0v) is 33.0. The second-order valence-corrected chi connectivity index (χ2v) is 17.2. The first-order valence-corrected chi connectivity index (χ1v) is 19.9. The van der Waals surface area contributed by atoms with Crippen molar-refractivity contribution >= 4 is 34.4 Å². The zero-order valence-electron chi connectivity index (χ0n) is 33.0. The molecule has 6 rings (SSSR count). The van der Waals surface area contributed by atoms with Crippen molar-refractivity contribution in [2.45, 2.75) is 116 Å². The third kappa shape index (κ3) is 10.6. The van der Waals surface area contributed by atoms with Crippen LogP contribution < -0.4 is 16.4 Å². The van der Waals surface area contributed by atoms with E-state index in [4.69, 9.17) is 10.5 Å². The molecule has 10 nitrogen and oxygen atoms in total. The number of ether oxygens (including phenoxy) is 1. The summed E-state index contributed by atoms with van der Waals surface area (Å²) in [5, 5.41) is 7.32. The zero-order chi connectivity index (χ0) is 39.5. The molecule has 1 spiro atoms. The Hall–Kier alpha value is -4.13. The summed E-state index contributed by atoms with van der Waals surface area (Å²) in [6, 6.07) is 9.31. The summed E-state index contributed by atoms with van der Waals surface area (Å²) in [4.78, 5) is 38.8. The number of nitrogen functional groups attached to an aromatic ring is 1. The van der Waals surface area contributed by atoms with Gasteiger partial charge >= 0.3 is 12.3 Å². The monoisotopic (exact) mass is 765 g/mol. The van der Waals surface area contributed by atoms with E-state index in [9.17, 15) is 22.8 Å². The molecule has 0 radical (unpaired) electrons. The molecule has 1 aliphatic carbocycles. The predicted molar refractivity (Wildman–Crippen MR) is 210 cm³/mol. The van der Waals surface area contributed by atoms with Gasteiger partial charge in [0.05, 0.1) is 23.7 Å². The van der Waals surface area contributed by atoms with Crippen molar-refractivity contribution < 1.29 is 27.5 Å². The maximum atomic E-state index is 13.5. The van der Waals surface area contributed by atoms with Crippen LogP contribution in [-0.4, -0.2) is 76.6 Å². The van der Waals surface area contributed by atoms with Crippen LogP contribution in [-0.2, 0) is 15.7 Å². The first-order chi connectivity index (χ1) is 25.9. The third-order valence-corrected chi connectivity index (χ3v) is 11.9. The van der Waals surface area contributed by atoms with Crippen LogP contribution in [0.5, 0.6) is 0 Å². The molecule has 3 heterocycles. The Balaban J connectivity index is 0.944. The lowest BCUT2D eigenvalue weighted by molar-refractivity contribution is -0.137. The van der Waals surface area contributed by atoms with Gasteiger partial charge in [-0.3, -0.25) is 9.69 Å². The summed E-state index contributed by atoms with van der Waals surface area (Å²) in [5.41, 5.74) is 7.32. The van der Waals surface area contributed by atoms with Crippen LogP contribution in [0.15, 0.2) is 36.4 Å². The van der Waals surface area contributed by atoms with Gasteiger partial charge in [0.1, 0.15) is 17.2 Å². The molecule has 2 aliphatic heterocycles. The Kier molecular flexibility index (Phi) is 12.2. The van der Waals surface area contributed by atoms with E-state index in [1.165, 1.54) is 25.7 Å². The molecule has 0 unspecified atom stereocenters. The number of benzene rings is 2. The van der Waals surface area contributed by atoms with Gasteiger partial charge in [-0.25, -0.2) is 14.8 Å². The number of anilines is 2. The van der Waals surface area contributed by atoms with Crippen LogP contribution in [0.4, 0.5) is 29.5 Å². The highest BCUT2D eigenvalue weighted by molar-refractivity contribution is 5.90. The van der Waals surface area contributed by atoms with E-state index >= 15 is 0 Å². The van der Waals surface area contributed by atoms with E-state index < -0.39 is 23.4 Å². The van der Waals surface area contributed by atoms with Gasteiger partial charge in [0.2, 0.25) is 5.91 Å². The van der Waals surface area contributed by atoms with Gasteiger partial charge in [-0.05, 0) is 164 Å². The number of nitrogens with zero attached hydrogens (tertiary/aromatic N) is 4. The van der Waals surface area contributed by atoms with Crippen molar-refractivity contribution in [3.63, 3.8) is 0 Å². The second-order valence-electron chi connectivity index (χ2n) is 17.2. The first kappa shape index (κ1) is 40.5. The smallest absolute Gasteiger partial charge is 0.416 e. The fourth-order valence-electron chi connectivity index (χ4n) is 8.67. The Morgan fingerprint density at radius 1 is 0.964 bits per heavy atom. The lowest BCUT2D eigenvalue weighted by Crippen LogP contribution is -2.46. The number of hydrogen-bond acceptors (Lipinski definition) is 8. The number of halogens is 3. The fraction of sp³-hybridized carbons (Fsp3) is 0.619. The van der Waals surface area contributed by atoms with Crippen molar-refractivity contribution in [2.75, 3.05) is 50.3 Å². The number of carbonyl (C=O) groups is 2. The molecule has 1 atom stereocenters. The maximum Gasteiger partial charge on any atom is 0.416 e. The van der Waals surface area contributed by atoms with E-state index in [0.29, 0.717) is 47.5 Å². The van der Waals surface area contributed by atoms with Crippen molar-refractivity contribution in [3.8, 4) is 0 Å². The third-order valence-electron chi connectivity index (χ3n) is 11.9. The van der Waals surface area contributed by atoms with Gasteiger partial charge in [-0.1, -0.05) is 6.07 Å². The van der Waals surface area contributed by atoms with Crippen molar-refractivity contribution in [1.29, 1.82) is 0 Å². The van der Waals surface area contributed by atoms with E-state index in [1.54, 1.807) is 19.9 Å². The van der Waals surface area contributed by atoms with Crippen LogP contribution in [0.2, 0.25) is 0 Å². The van der Waals surface area contributed by atoms with Crippen LogP contribution in [0.1, 0.15) is 120 Å². The number of aryl methyl sites for hydroxylation is 1. The number of piperidine rings is 2. The molecule has 2 aromatic carbocycles. The lowest BCUT2D eigenvalue weighted by atomic mass is 9.65. The van der Waals surface area contributed by atoms with Crippen LogP contribution in [0.3, 0.4) is 0 Å². The second kappa shape index (κ2) is 16.5. The molecule has 2 saturated heterocycles. The summed E-state index contributed by atoms with van der Waals surface area (Å²) in [6.45, 7) is 13.6. The minimum Gasteiger partial charge on any atom is -0.444 e. The summed E-state index contributed by atoms with van der Waals surface area (Å²) in [5.74, 6) is 2.13. The van der Waals surface area contributed by atoms with Crippen molar-refractivity contribution in [2.24, 2.45) is 11.3 Å². The number of alkyl halides is 3. The topological polar surface area (TPSA) is 126 Å². The van der Waals surface area contributed by atoms with Gasteiger partial charge in [0.15, 0.2) is 0 Å². The SMILES string of the molecule is Cc1nc(N[C@H](C)c2cc(N)cc(C(F)(F)F)c2)c2cc(C3CCN(CC(=O)NCCC4CCC5(CC4)CCN(C(=O)OC(C)(C)C)CC5)CC3)ccc2n1. The molecule has 300 valence electrons. The molecule has 2 amide bonds. The van der Waals surface area contributed by atoms with Crippen molar-refractivity contribution in [3.05, 3.63) is 58.9 Å². The Morgan fingerprint density at radius 3 is 2.31 bits per heavy atom. The van der Waals surface area contributed by atoms with Crippen LogP contribution in [0.25, 0.3) is 10.9 Å². The number of likely N-dealkylation sites (tertiary alicyclic amines) is 2. The minimum atomic E-state index is -4.50. The lowest BCUT2D eigenvalue weighted by Gasteiger charge is -2.46. The fourth-order valence-corrected chi connectivity index (χ4v) is 8.67. The maximum absolute atomic E-state index is 13.5. The van der Waals surface area contributed by atoms with E-state index in [0.717, 1.165) is 86.9 Å². The molecule has 0 bridgehead atoms. The minimum absolute atomic E-state index is 0.0534. The molecule has 3 aliphatic rings. The number of nitrogens with two attached hydrogens (primary N) is 1. The molecule has 1 saturated carbocycles. The number of nitrogens with one attached hydrogen (secondary N) is 2. The average molecular weight is 766 g/mol. The van der Waals surface area contributed by atoms with Gasteiger partial charge in [0, 0.05) is 30.7 Å². The normalized spacial score (nSPS) is 19.4. The summed E-state index contributed by atoms with van der Waals surface area (Å²) in [6.07, 6.45) is 4.96. The standard InChI is InChI=1S/C42H58F3N7O3/c1-27(32-22-33(42(43,44)45)25-34(46)23-32)48-38-35-24-31(6-7-36(35)49-28(2)50-38)30-11-18-51(19-12-30)26-37(53)47-17-10-29-8-13-41(14-9-29)15-20-52(21-16-41)39(54)55-40(3,4)5/h6-7,22-25,27,29-30H,8-21,26,46H2,1-5H3,(H,47,53)(H,48,49,50)/t27-/m1/s1. The van der Waals surface area contributed by atoms with Crippen LogP contribution in [0, 0.1) is 18.3 Å². The van der Waals surface area contributed by atoms with Gasteiger partial charge < -0.3 is 26.0 Å². The molecule has 55 heavy (non-hydrogen) atoms. The molecular formula is C42H58F3N7O3. The molecule has 13 heteroatoms. The molecular weight excluding hydrogens is 708 g/mol. The Labute approximate surface area is 323 Å². The number of amides is 2. The average Bonchev–Trinajstić information content (AvgIpc) is 3.11. The molecule has 4 N–H and O–H groups in total. The summed E-state index contributed by atoms with van der Waals surface area (Å²) >= 11 is 0. The Bertz CT molecular complexity index is 1820. The number of aromatic nitrogens is 2. The number of carbonyl (C=O) groups excluding carboxylic acids is 2. The number of rotatable bonds is 9. The quantitative estimate of drug-likeness (QED) is 0.185. The first-order valence-electron chi connectivity index (χ1n) is 19.9. The highest BCUT2D eigenvalue weighted by Crippen LogP contribution is 2.47. The highest BCUT2D eigenvalue weighted by atomic mass is 19.4. The van der Waals surface area contributed by atoms with Gasteiger partial charge in [-0.15, -0.1) is 0 Å². The van der Waals surface area contributed by atoms with Gasteiger partial charge in [0.25, 0.3) is 0 Å². The summed E-state index contributed by atoms with van der Waals surface area (Å²) < 4.78 is 46.0. The number of hydrogen-bond donors (Lipinski definition) is 3. The van der Waals surface area contributed by atoms with E-state index in [-0.39, 0.29) is 17.7 Å².